The molecular formula is C27H56O7Sn2. The van der Waals surface area contributed by atoms with E-state index >= 15 is 0 Å². The van der Waals surface area contributed by atoms with Crippen molar-refractivity contribution in [3.8, 4) is 0 Å². The van der Waals surface area contributed by atoms with Crippen molar-refractivity contribution in [3.63, 3.8) is 0 Å². The van der Waals surface area contributed by atoms with E-state index < -0.39 is 38.4 Å². The van der Waals surface area contributed by atoms with Gasteiger partial charge in [0.25, 0.3) is 0 Å². The minimum absolute atomic E-state index is 0.321. The summed E-state index contributed by atoms with van der Waals surface area (Å²) in [5, 5.41) is 0. The van der Waals surface area contributed by atoms with Crippen LogP contribution in [-0.4, -0.2) is 104 Å². The number of hydrogen-bond acceptors (Lipinski definition) is 7. The van der Waals surface area contributed by atoms with Crippen LogP contribution >= 0.6 is 0 Å². The zero-order valence-electron chi connectivity index (χ0n) is 23.9. The van der Waals surface area contributed by atoms with Gasteiger partial charge in [0.05, 0.1) is 0 Å². The van der Waals surface area contributed by atoms with Crippen LogP contribution in [0.4, 0.5) is 0 Å². The molecule has 2 aliphatic rings. The molecule has 2 saturated heterocycles. The van der Waals surface area contributed by atoms with Gasteiger partial charge in [-0.1, -0.05) is 0 Å². The Hall–Kier alpha value is 1.32. The quantitative estimate of drug-likeness (QED) is 0.222. The zero-order chi connectivity index (χ0) is 26.0. The average Bonchev–Trinajstić information content (AvgIpc) is 2.97. The fraction of sp³-hybridized carbons (Fsp3) is 1.00. The van der Waals surface area contributed by atoms with Crippen molar-refractivity contribution in [3.05, 3.63) is 0 Å². The SMILES string of the molecule is CCC[CH2][Sn]1([CH2]CCC)[O]CCOCC2(COCC[O]1)COCC[O][Sn]([CH2]CCC)([CH2]CCC)[O]C2. The van der Waals surface area contributed by atoms with Gasteiger partial charge in [-0.3, -0.25) is 0 Å². The van der Waals surface area contributed by atoms with E-state index in [2.05, 4.69) is 27.7 Å². The molecule has 0 saturated carbocycles. The van der Waals surface area contributed by atoms with E-state index in [9.17, 15) is 0 Å². The molecule has 0 aromatic rings. The number of unbranched alkanes of at least 4 members (excludes halogenated alkanes) is 4. The maximum atomic E-state index is 6.89. The van der Waals surface area contributed by atoms with E-state index in [1.54, 1.807) is 0 Å². The predicted octanol–water partition coefficient (Wildman–Crippen LogP) is 6.20. The van der Waals surface area contributed by atoms with Gasteiger partial charge in [-0.25, -0.2) is 0 Å². The van der Waals surface area contributed by atoms with Crippen LogP contribution in [0.15, 0.2) is 0 Å². The van der Waals surface area contributed by atoms with Gasteiger partial charge in [0.1, 0.15) is 0 Å². The summed E-state index contributed by atoms with van der Waals surface area (Å²) in [6.45, 7) is 15.0. The summed E-state index contributed by atoms with van der Waals surface area (Å²) in [6.07, 6.45) is 9.44. The molecule has 0 aliphatic carbocycles. The topological polar surface area (TPSA) is 64.6 Å². The van der Waals surface area contributed by atoms with Gasteiger partial charge in [0, 0.05) is 0 Å². The molecule has 0 bridgehead atoms. The summed E-state index contributed by atoms with van der Waals surface area (Å²) in [5.41, 5.74) is -0.321. The van der Waals surface area contributed by atoms with Gasteiger partial charge in [-0.05, 0) is 0 Å². The predicted molar refractivity (Wildman–Crippen MR) is 149 cm³/mol. The van der Waals surface area contributed by atoms with Crippen LogP contribution in [-0.2, 0) is 26.5 Å². The first-order valence-electron chi connectivity index (χ1n) is 14.9. The van der Waals surface area contributed by atoms with Gasteiger partial charge < -0.3 is 0 Å². The first-order chi connectivity index (χ1) is 17.6. The molecule has 0 aromatic carbocycles. The Morgan fingerprint density at radius 2 is 0.778 bits per heavy atom. The molecule has 0 amide bonds. The summed E-state index contributed by atoms with van der Waals surface area (Å²) < 4.78 is 49.8. The molecular weight excluding hydrogens is 674 g/mol. The molecule has 2 fully saturated rings. The summed E-state index contributed by atoms with van der Waals surface area (Å²) in [7, 11) is 0. The first-order valence-corrected chi connectivity index (χ1v) is 27.6. The second-order valence-electron chi connectivity index (χ2n) is 10.7. The van der Waals surface area contributed by atoms with Gasteiger partial charge in [0.2, 0.25) is 0 Å². The zero-order valence-corrected chi connectivity index (χ0v) is 29.6. The van der Waals surface area contributed by atoms with Crippen LogP contribution < -0.4 is 0 Å². The Balaban J connectivity index is 2.08. The van der Waals surface area contributed by atoms with Gasteiger partial charge in [-0.15, -0.1) is 0 Å². The molecule has 0 N–H and O–H groups in total. The Morgan fingerprint density at radius 1 is 0.444 bits per heavy atom. The van der Waals surface area contributed by atoms with Crippen LogP contribution in [0, 0.1) is 5.41 Å². The molecule has 2 heterocycles. The molecule has 7 nitrogen and oxygen atoms in total. The second-order valence-corrected chi connectivity index (χ2v) is 30.1. The van der Waals surface area contributed by atoms with Gasteiger partial charge >= 0.3 is 233 Å². The fourth-order valence-electron chi connectivity index (χ4n) is 4.96. The van der Waals surface area contributed by atoms with E-state index in [4.69, 9.17) is 26.5 Å². The van der Waals surface area contributed by atoms with Crippen LogP contribution in [0.1, 0.15) is 79.1 Å². The third-order valence-corrected chi connectivity index (χ3v) is 28.2. The van der Waals surface area contributed by atoms with E-state index in [1.165, 1.54) is 51.4 Å². The van der Waals surface area contributed by atoms with E-state index in [0.717, 1.165) is 17.7 Å². The Morgan fingerprint density at radius 3 is 1.11 bits per heavy atom. The Bertz CT molecular complexity index is 520. The third kappa shape index (κ3) is 12.2. The molecule has 9 heteroatoms. The van der Waals surface area contributed by atoms with Crippen LogP contribution in [0.3, 0.4) is 0 Å². The molecule has 214 valence electrons. The van der Waals surface area contributed by atoms with Crippen molar-refractivity contribution < 1.29 is 26.5 Å². The van der Waals surface area contributed by atoms with Gasteiger partial charge in [0.15, 0.2) is 0 Å². The number of rotatable bonds is 12. The van der Waals surface area contributed by atoms with Gasteiger partial charge in [-0.2, -0.15) is 0 Å². The number of hydrogen-bond donors (Lipinski definition) is 0. The normalized spacial score (nSPS) is 23.7. The van der Waals surface area contributed by atoms with Crippen LogP contribution in [0.25, 0.3) is 0 Å². The van der Waals surface area contributed by atoms with Crippen molar-refractivity contribution in [1.29, 1.82) is 0 Å². The third-order valence-electron chi connectivity index (χ3n) is 7.29. The molecule has 36 heavy (non-hydrogen) atoms. The Labute approximate surface area is 231 Å². The number of ether oxygens (including phenoxy) is 3. The molecule has 1 spiro atoms. The average molecular weight is 730 g/mol. The molecule has 0 aromatic heterocycles. The fourth-order valence-corrected chi connectivity index (χ4v) is 25.9. The van der Waals surface area contributed by atoms with Crippen molar-refractivity contribution >= 4 is 38.4 Å². The van der Waals surface area contributed by atoms with Crippen molar-refractivity contribution in [2.24, 2.45) is 5.41 Å². The molecule has 2 aliphatic heterocycles. The second kappa shape index (κ2) is 19.4. The van der Waals surface area contributed by atoms with Crippen LogP contribution in [0.2, 0.25) is 17.7 Å². The summed E-state index contributed by atoms with van der Waals surface area (Å²) in [5.74, 6) is 0. The molecule has 0 radical (unpaired) electrons. The summed E-state index contributed by atoms with van der Waals surface area (Å²) in [4.78, 5) is 0. The molecule has 2 rings (SSSR count). The van der Waals surface area contributed by atoms with Crippen molar-refractivity contribution in [1.82, 2.24) is 0 Å². The molecule has 0 atom stereocenters. The van der Waals surface area contributed by atoms with Crippen LogP contribution in [0.5, 0.6) is 0 Å². The monoisotopic (exact) mass is 732 g/mol. The van der Waals surface area contributed by atoms with E-state index in [0.29, 0.717) is 66.1 Å². The Kier molecular flexibility index (Phi) is 18.1. The van der Waals surface area contributed by atoms with Crippen molar-refractivity contribution in [2.45, 2.75) is 96.8 Å². The maximum absolute atomic E-state index is 6.89. The molecule has 0 unspecified atom stereocenters. The summed E-state index contributed by atoms with van der Waals surface area (Å²) >= 11 is -6.30. The minimum atomic E-state index is -3.19. The first kappa shape index (κ1) is 33.5. The van der Waals surface area contributed by atoms with E-state index in [1.807, 2.05) is 0 Å². The standard InChI is InChI=1S/C11H20O7.4C4H9.2Sn/c12-1-4-16-8-11(7-15,9-17-5-2-13)10-18-6-3-14;4*1-3-4-2;;/h1-10H2;4*1,3-4H2,2H3;;/q-4;;;;;2*+2. The summed E-state index contributed by atoms with van der Waals surface area (Å²) in [6, 6.07) is 0. The van der Waals surface area contributed by atoms with Crippen molar-refractivity contribution in [2.75, 3.05) is 66.1 Å². The van der Waals surface area contributed by atoms with E-state index in [-0.39, 0.29) is 5.41 Å².